The lowest BCUT2D eigenvalue weighted by Gasteiger charge is -2.33. The van der Waals surface area contributed by atoms with Crippen molar-refractivity contribution in [1.82, 2.24) is 29.4 Å². The molecule has 1 fully saturated rings. The van der Waals surface area contributed by atoms with Gasteiger partial charge in [0.1, 0.15) is 17.1 Å². The number of hydrogen-bond acceptors (Lipinski definition) is 7. The third-order valence-corrected chi connectivity index (χ3v) is 7.81. The number of ether oxygens (including phenoxy) is 1. The van der Waals surface area contributed by atoms with Crippen molar-refractivity contribution >= 4 is 21.1 Å². The summed E-state index contributed by atoms with van der Waals surface area (Å²) in [4.78, 5) is 20.6. The van der Waals surface area contributed by atoms with Crippen molar-refractivity contribution in [3.63, 3.8) is 0 Å². The largest absolute Gasteiger partial charge is 0.493 e. The van der Waals surface area contributed by atoms with E-state index in [1.54, 1.807) is 19.2 Å². The van der Waals surface area contributed by atoms with Gasteiger partial charge in [-0.3, -0.25) is 9.48 Å². The maximum atomic E-state index is 13.4. The molecule has 2 aromatic heterocycles. The van der Waals surface area contributed by atoms with Gasteiger partial charge in [-0.05, 0) is 38.5 Å². The molecule has 33 heavy (non-hydrogen) atoms. The van der Waals surface area contributed by atoms with Gasteiger partial charge in [-0.2, -0.15) is 9.40 Å². The zero-order chi connectivity index (χ0) is 23.8. The van der Waals surface area contributed by atoms with Crippen LogP contribution in [0.15, 0.2) is 27.9 Å². The van der Waals surface area contributed by atoms with Crippen molar-refractivity contribution in [2.24, 2.45) is 7.05 Å². The molecule has 0 bridgehead atoms. The predicted molar refractivity (Wildman–Crippen MR) is 126 cm³/mol. The molecule has 1 saturated heterocycles. The van der Waals surface area contributed by atoms with Crippen LogP contribution in [0.3, 0.4) is 0 Å². The van der Waals surface area contributed by atoms with E-state index in [4.69, 9.17) is 9.72 Å². The number of rotatable bonds is 7. The van der Waals surface area contributed by atoms with Gasteiger partial charge in [0.15, 0.2) is 5.52 Å². The zero-order valence-corrected chi connectivity index (χ0v) is 20.2. The van der Waals surface area contributed by atoms with E-state index in [0.29, 0.717) is 55.0 Å². The first-order valence-corrected chi connectivity index (χ1v) is 12.7. The van der Waals surface area contributed by atoms with E-state index < -0.39 is 10.0 Å². The molecule has 3 aromatic rings. The van der Waals surface area contributed by atoms with Gasteiger partial charge in [0, 0.05) is 32.7 Å². The van der Waals surface area contributed by atoms with E-state index in [0.717, 1.165) is 12.1 Å². The first kappa shape index (κ1) is 23.4. The van der Waals surface area contributed by atoms with E-state index in [9.17, 15) is 13.2 Å². The van der Waals surface area contributed by atoms with Crippen molar-refractivity contribution < 1.29 is 13.2 Å². The number of sulfonamides is 1. The van der Waals surface area contributed by atoms with E-state index in [2.05, 4.69) is 15.4 Å². The Labute approximate surface area is 193 Å². The molecule has 178 valence electrons. The number of piperazine rings is 1. The molecule has 1 aromatic carbocycles. The molecule has 0 amide bonds. The van der Waals surface area contributed by atoms with Crippen LogP contribution in [-0.4, -0.2) is 64.8 Å². The number of aromatic amines is 1. The van der Waals surface area contributed by atoms with Gasteiger partial charge in [0.25, 0.3) is 5.56 Å². The van der Waals surface area contributed by atoms with Gasteiger partial charge in [-0.15, -0.1) is 0 Å². The quantitative estimate of drug-likeness (QED) is 0.534. The second-order valence-corrected chi connectivity index (χ2v) is 10.1. The van der Waals surface area contributed by atoms with Crippen LogP contribution in [0.25, 0.3) is 22.4 Å². The Hall–Kier alpha value is -2.76. The van der Waals surface area contributed by atoms with Gasteiger partial charge >= 0.3 is 0 Å². The second-order valence-electron chi connectivity index (χ2n) is 8.19. The molecule has 0 saturated carbocycles. The predicted octanol–water partition coefficient (Wildman–Crippen LogP) is 1.66. The molecule has 10 nitrogen and oxygen atoms in total. The van der Waals surface area contributed by atoms with E-state index in [1.165, 1.54) is 15.1 Å². The molecule has 2 N–H and O–H groups in total. The number of aromatic nitrogens is 4. The summed E-state index contributed by atoms with van der Waals surface area (Å²) in [5, 5.41) is 7.66. The fraction of sp³-hybridized carbons (Fsp3) is 0.500. The summed E-state index contributed by atoms with van der Waals surface area (Å²) < 4.78 is 35.6. The minimum Gasteiger partial charge on any atom is -0.493 e. The number of benzene rings is 1. The second kappa shape index (κ2) is 9.24. The first-order valence-electron chi connectivity index (χ1n) is 11.2. The monoisotopic (exact) mass is 474 g/mol. The normalized spacial score (nSPS) is 17.5. The highest BCUT2D eigenvalue weighted by Gasteiger charge is 2.31. The Morgan fingerprint density at radius 3 is 2.76 bits per heavy atom. The van der Waals surface area contributed by atoms with E-state index in [1.807, 2.05) is 20.8 Å². The average Bonchev–Trinajstić information content (AvgIpc) is 3.10. The van der Waals surface area contributed by atoms with E-state index in [-0.39, 0.29) is 22.3 Å². The maximum Gasteiger partial charge on any atom is 0.277 e. The molecule has 1 aliphatic heterocycles. The molecule has 4 rings (SSSR count). The third-order valence-electron chi connectivity index (χ3n) is 5.80. The first-order chi connectivity index (χ1) is 15.8. The number of H-pyrrole nitrogens is 1. The third kappa shape index (κ3) is 4.28. The molecular weight excluding hydrogens is 444 g/mol. The number of nitrogens with zero attached hydrogens (tertiary/aromatic N) is 4. The molecule has 11 heteroatoms. The van der Waals surface area contributed by atoms with Crippen molar-refractivity contribution in [3.05, 3.63) is 34.2 Å². The number of fused-ring (bicyclic) bond motifs is 1. The summed E-state index contributed by atoms with van der Waals surface area (Å²) in [6.45, 7) is 7.72. The topological polar surface area (TPSA) is 122 Å². The minimum absolute atomic E-state index is 0.136. The summed E-state index contributed by atoms with van der Waals surface area (Å²) in [6.07, 6.45) is 1.54. The average molecular weight is 475 g/mol. The lowest BCUT2D eigenvalue weighted by atomic mass is 10.1. The van der Waals surface area contributed by atoms with Crippen LogP contribution in [-0.2, 0) is 23.5 Å². The highest BCUT2D eigenvalue weighted by Crippen LogP contribution is 2.32. The molecule has 0 aliphatic carbocycles. The summed E-state index contributed by atoms with van der Waals surface area (Å²) in [5.74, 6) is 0.708. The molecule has 3 heterocycles. The van der Waals surface area contributed by atoms with Gasteiger partial charge < -0.3 is 15.0 Å². The van der Waals surface area contributed by atoms with Crippen molar-refractivity contribution in [1.29, 1.82) is 0 Å². The van der Waals surface area contributed by atoms with Crippen LogP contribution in [0, 0.1) is 0 Å². The smallest absolute Gasteiger partial charge is 0.277 e. The fourth-order valence-electron chi connectivity index (χ4n) is 4.23. The Morgan fingerprint density at radius 2 is 2.06 bits per heavy atom. The van der Waals surface area contributed by atoms with Crippen molar-refractivity contribution in [2.45, 2.75) is 44.6 Å². The molecule has 0 radical (unpaired) electrons. The van der Waals surface area contributed by atoms with Gasteiger partial charge in [-0.25, -0.2) is 13.4 Å². The highest BCUT2D eigenvalue weighted by atomic mass is 32.2. The van der Waals surface area contributed by atoms with Crippen LogP contribution in [0.5, 0.6) is 5.75 Å². The van der Waals surface area contributed by atoms with Gasteiger partial charge in [-0.1, -0.05) is 13.3 Å². The van der Waals surface area contributed by atoms with Gasteiger partial charge in [0.2, 0.25) is 10.0 Å². The van der Waals surface area contributed by atoms with Crippen LogP contribution in [0.2, 0.25) is 0 Å². The van der Waals surface area contributed by atoms with Crippen molar-refractivity contribution in [2.75, 3.05) is 26.2 Å². The number of nitrogens with one attached hydrogen (secondary N) is 2. The van der Waals surface area contributed by atoms with Crippen LogP contribution < -0.4 is 15.6 Å². The van der Waals surface area contributed by atoms with Crippen molar-refractivity contribution in [3.8, 4) is 17.1 Å². The zero-order valence-electron chi connectivity index (χ0n) is 19.4. The van der Waals surface area contributed by atoms with Crippen LogP contribution in [0.4, 0.5) is 0 Å². The lowest BCUT2D eigenvalue weighted by Crippen LogP contribution is -2.52. The number of aryl methyl sites for hydroxylation is 2. The number of hydrogen-bond donors (Lipinski definition) is 2. The SMILES string of the molecule is CCCc1nn(C)c2c(=O)[nH]c(-c3cc(S(=O)(=O)N4CCNCC4C)ccc3OCC)nc12. The molecule has 1 atom stereocenters. The minimum atomic E-state index is -3.74. The summed E-state index contributed by atoms with van der Waals surface area (Å²) >= 11 is 0. The van der Waals surface area contributed by atoms with Crippen LogP contribution in [0.1, 0.15) is 32.9 Å². The molecule has 0 spiro atoms. The fourth-order valence-corrected chi connectivity index (χ4v) is 5.89. The Bertz CT molecular complexity index is 1330. The van der Waals surface area contributed by atoms with Crippen LogP contribution >= 0.6 is 0 Å². The highest BCUT2D eigenvalue weighted by molar-refractivity contribution is 7.89. The van der Waals surface area contributed by atoms with Gasteiger partial charge in [0.05, 0.1) is 22.8 Å². The standard InChI is InChI=1S/C22H30N6O4S/c1-5-7-17-19-20(27(4)26-17)22(29)25-21(24-19)16-12-15(8-9-18(16)32-6-2)33(30,31)28-11-10-23-13-14(28)3/h8-9,12,14,23H,5-7,10-11,13H2,1-4H3,(H,24,25,29). The summed E-state index contributed by atoms with van der Waals surface area (Å²) in [6, 6.07) is 4.54. The lowest BCUT2D eigenvalue weighted by molar-refractivity contribution is 0.284. The Balaban J connectivity index is 1.89. The molecule has 1 aliphatic rings. The Morgan fingerprint density at radius 1 is 1.27 bits per heavy atom. The van der Waals surface area contributed by atoms with E-state index >= 15 is 0 Å². The Kier molecular flexibility index (Phi) is 6.55. The maximum absolute atomic E-state index is 13.4. The summed E-state index contributed by atoms with van der Waals surface area (Å²) in [7, 11) is -2.02. The molecule has 1 unspecified atom stereocenters. The summed E-state index contributed by atoms with van der Waals surface area (Å²) in [5.41, 5.74) is 1.73. The molecular formula is C22H30N6O4S.